The van der Waals surface area contributed by atoms with Gasteiger partial charge in [0.1, 0.15) is 11.6 Å². The van der Waals surface area contributed by atoms with Gasteiger partial charge in [-0.2, -0.15) is 10.4 Å². The molecule has 33 heavy (non-hydrogen) atoms. The minimum atomic E-state index is 0.0203. The molecule has 4 rings (SSSR count). The van der Waals surface area contributed by atoms with E-state index in [0.717, 1.165) is 23.4 Å². The average molecular weight is 438 g/mol. The average Bonchev–Trinajstić information content (AvgIpc) is 3.25. The van der Waals surface area contributed by atoms with Crippen molar-refractivity contribution in [1.82, 2.24) is 19.9 Å². The quantitative estimate of drug-likeness (QED) is 0.440. The Hall–Kier alpha value is -3.98. The topological polar surface area (TPSA) is 83.1 Å². The van der Waals surface area contributed by atoms with Crippen molar-refractivity contribution in [3.63, 3.8) is 0 Å². The van der Waals surface area contributed by atoms with Gasteiger partial charge >= 0.3 is 0 Å². The molecule has 2 aromatic carbocycles. The molecule has 0 atom stereocenters. The predicted octanol–water partition coefficient (Wildman–Crippen LogP) is 4.49. The first-order chi connectivity index (χ1) is 16.1. The van der Waals surface area contributed by atoms with Gasteiger partial charge in [0.15, 0.2) is 5.65 Å². The van der Waals surface area contributed by atoms with E-state index in [1.165, 1.54) is 17.3 Å². The largest absolute Gasteiger partial charge is 0.356 e. The summed E-state index contributed by atoms with van der Waals surface area (Å²) in [6, 6.07) is 22.9. The van der Waals surface area contributed by atoms with Crippen LogP contribution in [0.1, 0.15) is 52.4 Å². The third-order valence-corrected chi connectivity index (χ3v) is 6.09. The van der Waals surface area contributed by atoms with E-state index in [1.54, 1.807) is 4.52 Å². The first-order valence-corrected chi connectivity index (χ1v) is 11.2. The van der Waals surface area contributed by atoms with Gasteiger partial charge in [-0.05, 0) is 43.4 Å². The molecule has 6 heteroatoms. The zero-order valence-electron chi connectivity index (χ0n) is 19.0. The van der Waals surface area contributed by atoms with Gasteiger partial charge in [-0.1, -0.05) is 60.7 Å². The second kappa shape index (κ2) is 10.1. The molecule has 0 saturated carbocycles. The van der Waals surface area contributed by atoms with E-state index in [9.17, 15) is 10.1 Å². The lowest BCUT2D eigenvalue weighted by atomic mass is 9.88. The molecule has 2 heterocycles. The summed E-state index contributed by atoms with van der Waals surface area (Å²) in [7, 11) is 0. The fraction of sp³-hybridized carbons (Fsp3) is 0.259. The number of hydrogen-bond donors (Lipinski definition) is 1. The normalized spacial score (nSPS) is 11.0. The Labute approximate surface area is 193 Å². The molecule has 0 bridgehead atoms. The van der Waals surface area contributed by atoms with Crippen molar-refractivity contribution >= 4 is 11.6 Å². The number of aromatic nitrogens is 3. The van der Waals surface area contributed by atoms with Crippen molar-refractivity contribution in [1.29, 1.82) is 5.26 Å². The van der Waals surface area contributed by atoms with Crippen LogP contribution in [0.4, 0.5) is 0 Å². The highest BCUT2D eigenvalue weighted by Crippen LogP contribution is 2.27. The number of fused-ring (bicyclic) bond motifs is 1. The molecule has 2 aromatic heterocycles. The van der Waals surface area contributed by atoms with Gasteiger partial charge in [-0.15, -0.1) is 0 Å². The molecule has 4 aromatic rings. The van der Waals surface area contributed by atoms with Gasteiger partial charge in [0.2, 0.25) is 5.91 Å². The van der Waals surface area contributed by atoms with Gasteiger partial charge in [-0.25, -0.2) is 9.50 Å². The number of nitriles is 1. The molecule has 0 fully saturated rings. The summed E-state index contributed by atoms with van der Waals surface area (Å²) in [5.41, 5.74) is 6.26. The maximum absolute atomic E-state index is 12.6. The van der Waals surface area contributed by atoms with Crippen molar-refractivity contribution in [2.75, 3.05) is 6.54 Å². The van der Waals surface area contributed by atoms with E-state index < -0.39 is 0 Å². The van der Waals surface area contributed by atoms with Crippen LogP contribution < -0.4 is 5.32 Å². The van der Waals surface area contributed by atoms with E-state index in [-0.39, 0.29) is 11.8 Å². The van der Waals surface area contributed by atoms with Gasteiger partial charge in [0, 0.05) is 30.3 Å². The Morgan fingerprint density at radius 3 is 2.30 bits per heavy atom. The van der Waals surface area contributed by atoms with Crippen LogP contribution in [0.5, 0.6) is 0 Å². The number of benzene rings is 2. The second-order valence-electron chi connectivity index (χ2n) is 8.18. The Morgan fingerprint density at radius 1 is 1.06 bits per heavy atom. The molecular formula is C27H27N5O. The molecule has 1 N–H and O–H groups in total. The summed E-state index contributed by atoms with van der Waals surface area (Å²) in [5, 5.41) is 16.6. The summed E-state index contributed by atoms with van der Waals surface area (Å²) < 4.78 is 1.68. The maximum atomic E-state index is 12.6. The van der Waals surface area contributed by atoms with Crippen molar-refractivity contribution in [2.45, 2.75) is 39.0 Å². The van der Waals surface area contributed by atoms with Crippen LogP contribution >= 0.6 is 0 Å². The number of amides is 1. The monoisotopic (exact) mass is 437 g/mol. The van der Waals surface area contributed by atoms with E-state index >= 15 is 0 Å². The zero-order chi connectivity index (χ0) is 23.2. The first kappa shape index (κ1) is 22.2. The first-order valence-electron chi connectivity index (χ1n) is 11.2. The van der Waals surface area contributed by atoms with Gasteiger partial charge < -0.3 is 5.32 Å². The van der Waals surface area contributed by atoms with Crippen molar-refractivity contribution in [3.05, 3.63) is 101 Å². The number of aryl methyl sites for hydroxylation is 2. The maximum Gasteiger partial charge on any atom is 0.220 e. The number of hydrogen-bond acceptors (Lipinski definition) is 4. The number of carbonyl (C=O) groups excluding carboxylic acids is 1. The van der Waals surface area contributed by atoms with Crippen molar-refractivity contribution in [3.8, 4) is 6.07 Å². The highest BCUT2D eigenvalue weighted by Gasteiger charge is 2.16. The third kappa shape index (κ3) is 4.93. The smallest absolute Gasteiger partial charge is 0.220 e. The number of nitrogens with zero attached hydrogens (tertiary/aromatic N) is 4. The minimum Gasteiger partial charge on any atom is -0.356 e. The van der Waals surface area contributed by atoms with E-state index in [0.29, 0.717) is 30.6 Å². The lowest BCUT2D eigenvalue weighted by Gasteiger charge is -2.18. The molecular weight excluding hydrogens is 410 g/mol. The van der Waals surface area contributed by atoms with Crippen LogP contribution in [-0.2, 0) is 11.2 Å². The molecule has 0 saturated heterocycles. The van der Waals surface area contributed by atoms with Gasteiger partial charge in [0.25, 0.3) is 0 Å². The zero-order valence-corrected chi connectivity index (χ0v) is 19.0. The lowest BCUT2D eigenvalue weighted by Crippen LogP contribution is -2.26. The molecule has 0 spiro atoms. The Kier molecular flexibility index (Phi) is 6.80. The summed E-state index contributed by atoms with van der Waals surface area (Å²) in [4.78, 5) is 17.2. The Bertz CT molecular complexity index is 1250. The van der Waals surface area contributed by atoms with E-state index in [4.69, 9.17) is 0 Å². The van der Waals surface area contributed by atoms with Crippen molar-refractivity contribution < 1.29 is 4.79 Å². The van der Waals surface area contributed by atoms with Crippen LogP contribution in [0.25, 0.3) is 5.65 Å². The fourth-order valence-corrected chi connectivity index (χ4v) is 4.33. The van der Waals surface area contributed by atoms with E-state index in [1.807, 2.05) is 26.0 Å². The Morgan fingerprint density at radius 2 is 1.70 bits per heavy atom. The molecule has 166 valence electrons. The molecule has 1 amide bonds. The van der Waals surface area contributed by atoms with Crippen LogP contribution in [0.3, 0.4) is 0 Å². The fourth-order valence-electron chi connectivity index (χ4n) is 4.33. The molecule has 0 radical (unpaired) electrons. The summed E-state index contributed by atoms with van der Waals surface area (Å²) in [6.45, 7) is 4.47. The van der Waals surface area contributed by atoms with Crippen LogP contribution in [0, 0.1) is 25.2 Å². The third-order valence-electron chi connectivity index (χ3n) is 6.09. The number of nitrogens with one attached hydrogen (secondary N) is 1. The number of rotatable bonds is 8. The van der Waals surface area contributed by atoms with Crippen LogP contribution in [0.15, 0.2) is 66.9 Å². The standard InChI is InChI=1S/C27H27N5O/c1-19-24(20(2)32-27(31-19)23(17-28)18-30-32)13-14-26(33)29-16-15-25(21-9-5-3-6-10-21)22-11-7-4-8-12-22/h3-12,18,25H,13-16H2,1-2H3,(H,29,33). The second-order valence-corrected chi connectivity index (χ2v) is 8.18. The predicted molar refractivity (Wildman–Crippen MR) is 128 cm³/mol. The molecule has 0 aliphatic rings. The Balaban J connectivity index is 1.38. The van der Waals surface area contributed by atoms with Crippen LogP contribution in [-0.4, -0.2) is 27.0 Å². The van der Waals surface area contributed by atoms with Crippen LogP contribution in [0.2, 0.25) is 0 Å². The highest BCUT2D eigenvalue weighted by atomic mass is 16.1. The lowest BCUT2D eigenvalue weighted by molar-refractivity contribution is -0.121. The van der Waals surface area contributed by atoms with Gasteiger partial charge in [-0.3, -0.25) is 4.79 Å². The summed E-state index contributed by atoms with van der Waals surface area (Å²) in [5.74, 6) is 0.255. The van der Waals surface area contributed by atoms with Crippen molar-refractivity contribution in [2.24, 2.45) is 0 Å². The molecule has 0 aliphatic carbocycles. The highest BCUT2D eigenvalue weighted by molar-refractivity contribution is 5.76. The number of carbonyl (C=O) groups is 1. The summed E-state index contributed by atoms with van der Waals surface area (Å²) >= 11 is 0. The molecule has 6 nitrogen and oxygen atoms in total. The molecule has 0 unspecified atom stereocenters. The minimum absolute atomic E-state index is 0.0203. The van der Waals surface area contributed by atoms with E-state index in [2.05, 4.69) is 70.0 Å². The summed E-state index contributed by atoms with van der Waals surface area (Å²) in [6.07, 6.45) is 3.31. The molecule has 0 aliphatic heterocycles. The SMILES string of the molecule is Cc1nc2c(C#N)cnn2c(C)c1CCC(=O)NCCC(c1ccccc1)c1ccccc1. The van der Waals surface area contributed by atoms with Gasteiger partial charge in [0.05, 0.1) is 6.20 Å².